The van der Waals surface area contributed by atoms with E-state index in [1.54, 1.807) is 30.3 Å². The average Bonchev–Trinajstić information content (AvgIpc) is 3.28. The fourth-order valence-corrected chi connectivity index (χ4v) is 2.78. The number of ketones is 1. The lowest BCUT2D eigenvalue weighted by Gasteiger charge is -2.12. The van der Waals surface area contributed by atoms with Gasteiger partial charge in [0.2, 0.25) is 6.79 Å². The van der Waals surface area contributed by atoms with Crippen LogP contribution in [0.3, 0.4) is 0 Å². The van der Waals surface area contributed by atoms with Gasteiger partial charge in [0.1, 0.15) is 6.61 Å². The molecule has 4 rings (SSSR count). The predicted molar refractivity (Wildman–Crippen MR) is 91.1 cm³/mol. The van der Waals surface area contributed by atoms with E-state index in [1.165, 1.54) is 11.0 Å². The molecule has 0 saturated carbocycles. The Morgan fingerprint density at radius 1 is 1.04 bits per heavy atom. The molecule has 0 radical (unpaired) electrons. The Labute approximate surface area is 144 Å². The van der Waals surface area contributed by atoms with Crippen LogP contribution in [0, 0.1) is 0 Å². The van der Waals surface area contributed by atoms with E-state index in [-0.39, 0.29) is 18.7 Å². The van der Waals surface area contributed by atoms with Gasteiger partial charge in [0.05, 0.1) is 6.54 Å². The van der Waals surface area contributed by atoms with Gasteiger partial charge in [0, 0.05) is 16.8 Å². The van der Waals surface area contributed by atoms with E-state index in [9.17, 15) is 9.59 Å². The molecule has 2 heterocycles. The third-order valence-electron chi connectivity index (χ3n) is 4.07. The van der Waals surface area contributed by atoms with Gasteiger partial charge in [-0.15, -0.1) is 0 Å². The molecule has 2 aromatic carbocycles. The van der Waals surface area contributed by atoms with Crippen molar-refractivity contribution in [2.24, 2.45) is 0 Å². The number of carbonyl (C=O) groups is 2. The minimum atomic E-state index is -0.362. The lowest BCUT2D eigenvalue weighted by atomic mass is 10.1. The summed E-state index contributed by atoms with van der Waals surface area (Å²) >= 11 is 0. The fourth-order valence-electron chi connectivity index (χ4n) is 2.78. The van der Waals surface area contributed by atoms with E-state index >= 15 is 0 Å². The van der Waals surface area contributed by atoms with Crippen LogP contribution in [0.1, 0.15) is 15.9 Å². The first-order valence-electron chi connectivity index (χ1n) is 7.88. The number of para-hydroxylation sites is 1. The summed E-state index contributed by atoms with van der Waals surface area (Å²) in [7, 11) is 0. The van der Waals surface area contributed by atoms with Gasteiger partial charge in [-0.2, -0.15) is 0 Å². The number of hydrogen-bond donors (Lipinski definition) is 0. The van der Waals surface area contributed by atoms with Crippen molar-refractivity contribution in [3.05, 3.63) is 59.7 Å². The number of rotatable bonds is 4. The van der Waals surface area contributed by atoms with Crippen LogP contribution in [0.25, 0.3) is 6.08 Å². The highest BCUT2D eigenvalue weighted by Gasteiger charge is 2.23. The van der Waals surface area contributed by atoms with Crippen LogP contribution in [0.4, 0.5) is 10.5 Å². The molecule has 0 spiro atoms. The second-order valence-corrected chi connectivity index (χ2v) is 5.59. The van der Waals surface area contributed by atoms with Crippen LogP contribution >= 0.6 is 0 Å². The average molecular weight is 337 g/mol. The molecular formula is C19H15NO5. The standard InChI is InChI=1S/C19H15NO5/c21-16(9-6-14-2-1-3-17-18(14)25-12-24-17)13-4-7-15(8-5-13)20-10-11-23-19(20)22/h1-9H,10-12H2/b9-6+. The van der Waals surface area contributed by atoms with Crippen LogP contribution < -0.4 is 14.4 Å². The summed E-state index contributed by atoms with van der Waals surface area (Å²) in [6, 6.07) is 12.4. The highest BCUT2D eigenvalue weighted by molar-refractivity contribution is 6.07. The van der Waals surface area contributed by atoms with Gasteiger partial charge in [0.15, 0.2) is 17.3 Å². The summed E-state index contributed by atoms with van der Waals surface area (Å²) in [5.41, 5.74) is 2.05. The molecule has 1 amide bonds. The maximum Gasteiger partial charge on any atom is 0.414 e. The van der Waals surface area contributed by atoms with Gasteiger partial charge in [-0.3, -0.25) is 9.69 Å². The topological polar surface area (TPSA) is 65.1 Å². The third-order valence-corrected chi connectivity index (χ3v) is 4.07. The van der Waals surface area contributed by atoms with E-state index in [4.69, 9.17) is 14.2 Å². The number of cyclic esters (lactones) is 1. The number of hydrogen-bond acceptors (Lipinski definition) is 5. The zero-order valence-corrected chi connectivity index (χ0v) is 13.3. The van der Waals surface area contributed by atoms with Gasteiger partial charge >= 0.3 is 6.09 Å². The number of carbonyl (C=O) groups excluding carboxylic acids is 2. The maximum atomic E-state index is 12.4. The van der Waals surface area contributed by atoms with Crippen molar-refractivity contribution in [2.45, 2.75) is 0 Å². The first-order valence-corrected chi connectivity index (χ1v) is 7.88. The molecule has 25 heavy (non-hydrogen) atoms. The zero-order valence-electron chi connectivity index (χ0n) is 13.3. The van der Waals surface area contributed by atoms with E-state index in [0.29, 0.717) is 30.2 Å². The molecule has 6 heteroatoms. The molecule has 126 valence electrons. The second kappa shape index (κ2) is 6.32. The third kappa shape index (κ3) is 2.94. The van der Waals surface area contributed by atoms with Crippen LogP contribution in [-0.4, -0.2) is 31.8 Å². The van der Waals surface area contributed by atoms with Crippen molar-refractivity contribution in [1.29, 1.82) is 0 Å². The molecule has 2 aliphatic rings. The molecule has 2 aliphatic heterocycles. The van der Waals surface area contributed by atoms with Gasteiger partial charge < -0.3 is 14.2 Å². The number of allylic oxidation sites excluding steroid dienone is 1. The molecule has 0 aromatic heterocycles. The summed E-state index contributed by atoms with van der Waals surface area (Å²) in [5, 5.41) is 0. The minimum absolute atomic E-state index is 0.132. The smallest absolute Gasteiger partial charge is 0.414 e. The van der Waals surface area contributed by atoms with Crippen molar-refractivity contribution < 1.29 is 23.8 Å². The van der Waals surface area contributed by atoms with Gasteiger partial charge in [-0.1, -0.05) is 12.1 Å². The molecule has 0 aliphatic carbocycles. The number of amides is 1. The number of nitrogens with zero attached hydrogens (tertiary/aromatic N) is 1. The number of fused-ring (bicyclic) bond motifs is 1. The molecule has 0 unspecified atom stereocenters. The van der Waals surface area contributed by atoms with Crippen LogP contribution in [0.15, 0.2) is 48.5 Å². The van der Waals surface area contributed by atoms with Crippen molar-refractivity contribution >= 4 is 23.6 Å². The lowest BCUT2D eigenvalue weighted by molar-refractivity contribution is 0.104. The van der Waals surface area contributed by atoms with E-state index in [0.717, 1.165) is 11.3 Å². The summed E-state index contributed by atoms with van der Waals surface area (Å²) in [6.45, 7) is 1.09. The van der Waals surface area contributed by atoms with Crippen LogP contribution in [0.2, 0.25) is 0 Å². The van der Waals surface area contributed by atoms with Crippen LogP contribution in [0.5, 0.6) is 11.5 Å². The van der Waals surface area contributed by atoms with Gasteiger partial charge in [0.25, 0.3) is 0 Å². The first-order chi connectivity index (χ1) is 12.2. The van der Waals surface area contributed by atoms with Gasteiger partial charge in [-0.05, 0) is 42.5 Å². The van der Waals surface area contributed by atoms with Crippen LogP contribution in [-0.2, 0) is 4.74 Å². The fraction of sp³-hybridized carbons (Fsp3) is 0.158. The molecule has 0 bridgehead atoms. The highest BCUT2D eigenvalue weighted by atomic mass is 16.7. The Morgan fingerprint density at radius 3 is 2.64 bits per heavy atom. The van der Waals surface area contributed by atoms with Gasteiger partial charge in [-0.25, -0.2) is 4.79 Å². The Hall–Kier alpha value is -3.28. The Bertz CT molecular complexity index is 857. The zero-order chi connectivity index (χ0) is 17.2. The SMILES string of the molecule is O=C(/C=C/c1cccc2c1OCO2)c1ccc(N2CCOC2=O)cc1. The lowest BCUT2D eigenvalue weighted by Crippen LogP contribution is -2.23. The van der Waals surface area contributed by atoms with E-state index in [1.807, 2.05) is 18.2 Å². The largest absolute Gasteiger partial charge is 0.454 e. The quantitative estimate of drug-likeness (QED) is 0.633. The minimum Gasteiger partial charge on any atom is -0.454 e. The number of anilines is 1. The molecule has 2 aromatic rings. The molecule has 0 N–H and O–H groups in total. The van der Waals surface area contributed by atoms with Crippen molar-refractivity contribution in [3.8, 4) is 11.5 Å². The summed E-state index contributed by atoms with van der Waals surface area (Å²) < 4.78 is 15.6. The van der Waals surface area contributed by atoms with Crippen molar-refractivity contribution in [3.63, 3.8) is 0 Å². The van der Waals surface area contributed by atoms with E-state index < -0.39 is 0 Å². The summed E-state index contributed by atoms with van der Waals surface area (Å²) in [6.07, 6.45) is 2.84. The Kier molecular flexibility index (Phi) is 3.85. The second-order valence-electron chi connectivity index (χ2n) is 5.59. The number of benzene rings is 2. The first kappa shape index (κ1) is 15.3. The van der Waals surface area contributed by atoms with Crippen molar-refractivity contribution in [2.75, 3.05) is 24.8 Å². The molecule has 0 atom stereocenters. The predicted octanol–water partition coefficient (Wildman–Crippen LogP) is 3.27. The maximum absolute atomic E-state index is 12.4. The summed E-state index contributed by atoms with van der Waals surface area (Å²) in [4.78, 5) is 25.4. The van der Waals surface area contributed by atoms with E-state index in [2.05, 4.69) is 0 Å². The summed E-state index contributed by atoms with van der Waals surface area (Å²) in [5.74, 6) is 1.19. The molecule has 6 nitrogen and oxygen atoms in total. The molecular weight excluding hydrogens is 322 g/mol. The highest BCUT2D eigenvalue weighted by Crippen LogP contribution is 2.36. The normalized spacial score (nSPS) is 15.7. The Morgan fingerprint density at radius 2 is 1.88 bits per heavy atom. The molecule has 1 saturated heterocycles. The Balaban J connectivity index is 1.50. The number of ether oxygens (including phenoxy) is 3. The van der Waals surface area contributed by atoms with Crippen molar-refractivity contribution in [1.82, 2.24) is 0 Å². The monoisotopic (exact) mass is 337 g/mol. The molecule has 1 fully saturated rings.